The number of carbonyl (C=O) groups is 6. The van der Waals surface area contributed by atoms with Crippen LogP contribution in [0.5, 0.6) is 0 Å². The zero-order valence-electron chi connectivity index (χ0n) is 33.3. The Morgan fingerprint density at radius 1 is 0.895 bits per heavy atom. The van der Waals surface area contributed by atoms with Gasteiger partial charge in [-0.2, -0.15) is 0 Å². The van der Waals surface area contributed by atoms with Crippen LogP contribution in [0.1, 0.15) is 112 Å². The van der Waals surface area contributed by atoms with Gasteiger partial charge in [0.15, 0.2) is 0 Å². The molecule has 6 aliphatic rings. The molecule has 8 rings (SSSR count). The quantitative estimate of drug-likeness (QED) is 0.138. The lowest BCUT2D eigenvalue weighted by Crippen LogP contribution is -2.83. The minimum absolute atomic E-state index is 0.00198. The van der Waals surface area contributed by atoms with E-state index in [0.29, 0.717) is 43.4 Å². The van der Waals surface area contributed by atoms with Crippen molar-refractivity contribution in [2.45, 2.75) is 139 Å². The van der Waals surface area contributed by atoms with Gasteiger partial charge in [0, 0.05) is 18.5 Å². The third kappa shape index (κ3) is 7.70. The zero-order valence-corrected chi connectivity index (χ0v) is 34.1. The predicted octanol–water partition coefficient (Wildman–Crippen LogP) is 5.13. The number of ketones is 1. The first-order valence-electron chi connectivity index (χ1n) is 21.3. The normalized spacial score (nSPS) is 25.4. The van der Waals surface area contributed by atoms with E-state index in [-0.39, 0.29) is 54.0 Å². The molecule has 3 N–H and O–H groups in total. The highest BCUT2D eigenvalue weighted by molar-refractivity contribution is 7.12. The molecule has 1 aromatic carbocycles. The SMILES string of the molecule is C=C1CN(C(=O)[C@H](C2Cc3ccccc3C2)N2C(=O)[C@@H](NC(=O)c3cccs3)C23CCCCC3)[C@H](C(=O)NC(CC2CCC2)C(=O)C(=O)NC2CC2)[C@H]1CC(C)C. The number of β-lactam (4-membered cyclic amide) rings is 1. The van der Waals surface area contributed by atoms with Gasteiger partial charge in [-0.15, -0.1) is 11.3 Å². The Morgan fingerprint density at radius 2 is 1.60 bits per heavy atom. The summed E-state index contributed by atoms with van der Waals surface area (Å²) in [5.41, 5.74) is 2.32. The van der Waals surface area contributed by atoms with Crippen molar-refractivity contribution in [1.82, 2.24) is 25.8 Å². The number of amides is 5. The first kappa shape index (κ1) is 39.5. The number of fused-ring (bicyclic) bond motifs is 1. The molecule has 4 aliphatic carbocycles. The van der Waals surface area contributed by atoms with Gasteiger partial charge in [-0.25, -0.2) is 0 Å². The van der Waals surface area contributed by atoms with Crippen molar-refractivity contribution in [1.29, 1.82) is 0 Å². The number of Topliss-reactive ketones (excluding diaryl/α,β-unsaturated/α-hetero) is 1. The Bertz CT molecular complexity index is 1890. The third-order valence-electron chi connectivity index (χ3n) is 13.8. The van der Waals surface area contributed by atoms with Gasteiger partial charge in [-0.3, -0.25) is 28.8 Å². The standard InChI is InChI=1S/C45H57N5O6S/c1-26(2)21-33-27(3)25-49(37(33)41(53)47-34(22-28-11-9-12-28)38(51)42(54)46-32-16-17-32)43(55)36(31-23-29-13-5-6-14-30(29)24-31)50-44(56)39(45(50)18-7-4-8-19-45)48-40(52)35-15-10-20-57-35/h5-6,10,13-15,20,26,28,31-34,36-37,39H,3-4,7-9,11-12,16-19,21-25H2,1-2H3,(H,46,54)(H,47,53)(H,48,52)/t33-,34?,36-,37-,39+/m0/s1. The van der Waals surface area contributed by atoms with Crippen LogP contribution in [0, 0.1) is 23.7 Å². The Balaban J connectivity index is 1.13. The van der Waals surface area contributed by atoms with E-state index in [4.69, 9.17) is 0 Å². The van der Waals surface area contributed by atoms with E-state index in [1.807, 2.05) is 28.5 Å². The summed E-state index contributed by atoms with van der Waals surface area (Å²) in [4.78, 5) is 89.4. The van der Waals surface area contributed by atoms with Crippen LogP contribution in [0.4, 0.5) is 0 Å². The first-order chi connectivity index (χ1) is 27.4. The van der Waals surface area contributed by atoms with Gasteiger partial charge in [0.25, 0.3) is 11.8 Å². The van der Waals surface area contributed by atoms with E-state index in [1.165, 1.54) is 11.3 Å². The number of hydrogen-bond donors (Lipinski definition) is 3. The second-order valence-corrected chi connectivity index (χ2v) is 19.1. The van der Waals surface area contributed by atoms with Crippen LogP contribution in [0.3, 0.4) is 0 Å². The largest absolute Gasteiger partial charge is 0.347 e. The van der Waals surface area contributed by atoms with Crippen LogP contribution in [-0.2, 0) is 36.8 Å². The molecule has 0 bridgehead atoms. The Kier molecular flexibility index (Phi) is 11.2. The van der Waals surface area contributed by atoms with Crippen LogP contribution < -0.4 is 16.0 Å². The maximum Gasteiger partial charge on any atom is 0.289 e. The summed E-state index contributed by atoms with van der Waals surface area (Å²) < 4.78 is 0. The molecular weight excluding hydrogens is 739 g/mol. The summed E-state index contributed by atoms with van der Waals surface area (Å²) in [7, 11) is 0. The summed E-state index contributed by atoms with van der Waals surface area (Å²) in [5, 5.41) is 10.7. The molecule has 1 spiro atoms. The third-order valence-corrected chi connectivity index (χ3v) is 14.6. The van der Waals surface area contributed by atoms with Crippen LogP contribution in [0.2, 0.25) is 0 Å². The minimum Gasteiger partial charge on any atom is -0.347 e. The number of nitrogens with one attached hydrogen (secondary N) is 3. The van der Waals surface area contributed by atoms with Gasteiger partial charge in [0.2, 0.25) is 23.5 Å². The summed E-state index contributed by atoms with van der Waals surface area (Å²) in [6.07, 6.45) is 10.9. The fourth-order valence-electron chi connectivity index (χ4n) is 10.5. The molecule has 5 amide bonds. The summed E-state index contributed by atoms with van der Waals surface area (Å²) in [5.74, 6) is -2.80. The zero-order chi connectivity index (χ0) is 40.0. The molecule has 304 valence electrons. The molecule has 12 heteroatoms. The van der Waals surface area contributed by atoms with Crippen molar-refractivity contribution in [3.63, 3.8) is 0 Å². The van der Waals surface area contributed by atoms with Crippen molar-refractivity contribution in [2.75, 3.05) is 6.54 Å². The van der Waals surface area contributed by atoms with Crippen molar-refractivity contribution >= 4 is 46.7 Å². The van der Waals surface area contributed by atoms with Crippen molar-refractivity contribution in [3.8, 4) is 0 Å². The molecule has 3 saturated carbocycles. The number of carbonyl (C=O) groups excluding carboxylic acids is 6. The predicted molar refractivity (Wildman–Crippen MR) is 217 cm³/mol. The molecule has 1 aromatic heterocycles. The van der Waals surface area contributed by atoms with Crippen LogP contribution >= 0.6 is 11.3 Å². The Hall–Kier alpha value is -4.32. The van der Waals surface area contributed by atoms with Crippen LogP contribution in [0.25, 0.3) is 0 Å². The highest BCUT2D eigenvalue weighted by atomic mass is 32.1. The van der Waals surface area contributed by atoms with E-state index in [9.17, 15) is 24.0 Å². The molecule has 2 aromatic rings. The van der Waals surface area contributed by atoms with E-state index in [0.717, 1.165) is 68.1 Å². The number of likely N-dealkylation sites (tertiary alicyclic amines) is 2. The van der Waals surface area contributed by atoms with Gasteiger partial charge >= 0.3 is 0 Å². The molecule has 2 saturated heterocycles. The van der Waals surface area contributed by atoms with E-state index >= 15 is 4.79 Å². The summed E-state index contributed by atoms with van der Waals surface area (Å²) >= 11 is 1.33. The lowest BCUT2D eigenvalue weighted by Gasteiger charge is -2.62. The number of rotatable bonds is 14. The lowest BCUT2D eigenvalue weighted by atomic mass is 9.66. The molecule has 2 aliphatic heterocycles. The smallest absolute Gasteiger partial charge is 0.289 e. The average Bonchev–Trinajstić information content (AvgIpc) is 3.52. The van der Waals surface area contributed by atoms with E-state index < -0.39 is 47.3 Å². The molecule has 0 radical (unpaired) electrons. The van der Waals surface area contributed by atoms with E-state index in [1.54, 1.807) is 11.0 Å². The summed E-state index contributed by atoms with van der Waals surface area (Å²) in [6.45, 7) is 8.72. The first-order valence-corrected chi connectivity index (χ1v) is 22.2. The molecule has 1 unspecified atom stereocenters. The van der Waals surface area contributed by atoms with Gasteiger partial charge in [0.1, 0.15) is 18.1 Å². The molecule has 57 heavy (non-hydrogen) atoms. The van der Waals surface area contributed by atoms with Gasteiger partial charge in [0.05, 0.1) is 16.5 Å². The van der Waals surface area contributed by atoms with Gasteiger partial charge in [-0.05, 0) is 91.7 Å². The van der Waals surface area contributed by atoms with Crippen LogP contribution in [0.15, 0.2) is 53.9 Å². The highest BCUT2D eigenvalue weighted by Gasteiger charge is 2.65. The number of nitrogens with zero attached hydrogens (tertiary/aromatic N) is 2. The number of thiophene rings is 1. The molecule has 5 fully saturated rings. The fraction of sp³-hybridized carbons (Fsp3) is 0.600. The highest BCUT2D eigenvalue weighted by Crippen LogP contribution is 2.49. The molecular formula is C45H57N5O6S. The van der Waals surface area contributed by atoms with E-state index in [2.05, 4.69) is 48.5 Å². The Labute approximate surface area is 339 Å². The van der Waals surface area contributed by atoms with Crippen molar-refractivity contribution in [3.05, 3.63) is 69.9 Å². The fourth-order valence-corrected chi connectivity index (χ4v) is 11.1. The summed E-state index contributed by atoms with van der Waals surface area (Å²) in [6, 6.07) is 8.13. The Morgan fingerprint density at radius 3 is 2.19 bits per heavy atom. The minimum atomic E-state index is -0.998. The molecule has 5 atom stereocenters. The molecule has 3 heterocycles. The molecule has 11 nitrogen and oxygen atoms in total. The van der Waals surface area contributed by atoms with Crippen LogP contribution in [-0.4, -0.2) is 87.4 Å². The van der Waals surface area contributed by atoms with Crippen molar-refractivity contribution in [2.24, 2.45) is 23.7 Å². The topological polar surface area (TPSA) is 145 Å². The second kappa shape index (κ2) is 16.1. The van der Waals surface area contributed by atoms with Crippen molar-refractivity contribution < 1.29 is 28.8 Å². The maximum atomic E-state index is 15.7. The maximum absolute atomic E-state index is 15.7. The van der Waals surface area contributed by atoms with Gasteiger partial charge in [-0.1, -0.05) is 94.9 Å². The van der Waals surface area contributed by atoms with Gasteiger partial charge < -0.3 is 25.8 Å². The number of benzene rings is 1. The second-order valence-electron chi connectivity index (χ2n) is 18.1. The average molecular weight is 796 g/mol. The lowest BCUT2D eigenvalue weighted by molar-refractivity contribution is -0.183. The number of hydrogen-bond acceptors (Lipinski definition) is 7. The monoisotopic (exact) mass is 795 g/mol.